The number of para-hydroxylation sites is 1. The fraction of sp³-hybridized carbons (Fsp3) is 0.167. The molecule has 0 saturated heterocycles. The Labute approximate surface area is 108 Å². The number of nitrogens with one attached hydrogen (secondary N) is 2. The summed E-state index contributed by atoms with van der Waals surface area (Å²) in [5, 5.41) is 18.1. The lowest BCUT2D eigenvalue weighted by atomic mass is 10.2. The van der Waals surface area contributed by atoms with Crippen molar-refractivity contribution in [3.63, 3.8) is 0 Å². The van der Waals surface area contributed by atoms with E-state index in [2.05, 4.69) is 25.8 Å². The Morgan fingerprint density at radius 2 is 2.26 bits per heavy atom. The van der Waals surface area contributed by atoms with Crippen LogP contribution in [-0.2, 0) is 11.3 Å². The summed E-state index contributed by atoms with van der Waals surface area (Å²) in [7, 11) is 0. The molecule has 0 fully saturated rings. The van der Waals surface area contributed by atoms with Crippen molar-refractivity contribution in [1.82, 2.24) is 25.2 Å². The van der Waals surface area contributed by atoms with E-state index in [1.165, 1.54) is 0 Å². The number of benzene rings is 1. The van der Waals surface area contributed by atoms with Crippen LogP contribution in [0.2, 0.25) is 0 Å². The summed E-state index contributed by atoms with van der Waals surface area (Å²) in [5.74, 6) is 0.451. The van der Waals surface area contributed by atoms with E-state index in [1.54, 1.807) is 17.1 Å². The van der Waals surface area contributed by atoms with Gasteiger partial charge in [0.25, 0.3) is 0 Å². The number of nitrogens with zero attached hydrogens (tertiary/aromatic N) is 4. The van der Waals surface area contributed by atoms with Crippen LogP contribution in [-0.4, -0.2) is 31.1 Å². The number of hydrogen-bond donors (Lipinski definition) is 2. The highest BCUT2D eigenvalue weighted by molar-refractivity contribution is 5.99. The van der Waals surface area contributed by atoms with Crippen molar-refractivity contribution in [2.45, 2.75) is 13.0 Å². The van der Waals surface area contributed by atoms with E-state index in [9.17, 15) is 4.79 Å². The molecule has 2 heterocycles. The SMILES string of the molecule is O=C(CCn1ccnn1)Nc1n[nH]c2ccccc12. The van der Waals surface area contributed by atoms with Gasteiger partial charge in [-0.2, -0.15) is 5.10 Å². The number of carbonyl (C=O) groups is 1. The van der Waals surface area contributed by atoms with E-state index in [-0.39, 0.29) is 5.91 Å². The van der Waals surface area contributed by atoms with Crippen LogP contribution in [0.5, 0.6) is 0 Å². The molecule has 3 rings (SSSR count). The Morgan fingerprint density at radius 1 is 1.37 bits per heavy atom. The highest BCUT2D eigenvalue weighted by Crippen LogP contribution is 2.19. The molecule has 19 heavy (non-hydrogen) atoms. The van der Waals surface area contributed by atoms with Crippen LogP contribution >= 0.6 is 0 Å². The molecule has 0 bridgehead atoms. The maximum atomic E-state index is 11.8. The molecule has 0 spiro atoms. The second-order valence-electron chi connectivity index (χ2n) is 4.08. The van der Waals surface area contributed by atoms with Gasteiger partial charge in [0.05, 0.1) is 18.3 Å². The maximum absolute atomic E-state index is 11.8. The molecular formula is C12H12N6O. The monoisotopic (exact) mass is 256 g/mol. The number of hydrogen-bond acceptors (Lipinski definition) is 4. The number of fused-ring (bicyclic) bond motifs is 1. The van der Waals surface area contributed by atoms with Crippen LogP contribution in [0.25, 0.3) is 10.9 Å². The second-order valence-corrected chi connectivity index (χ2v) is 4.08. The molecule has 0 atom stereocenters. The zero-order valence-corrected chi connectivity index (χ0v) is 10.1. The molecule has 1 aromatic carbocycles. The molecule has 96 valence electrons. The molecule has 7 nitrogen and oxygen atoms in total. The molecule has 0 aliphatic rings. The average Bonchev–Trinajstić information content (AvgIpc) is 3.07. The van der Waals surface area contributed by atoms with Crippen LogP contribution in [0.4, 0.5) is 5.82 Å². The largest absolute Gasteiger partial charge is 0.309 e. The van der Waals surface area contributed by atoms with Gasteiger partial charge in [0.15, 0.2) is 5.82 Å². The first-order valence-electron chi connectivity index (χ1n) is 5.90. The summed E-state index contributed by atoms with van der Waals surface area (Å²) in [6, 6.07) is 7.64. The molecule has 0 unspecified atom stereocenters. The van der Waals surface area contributed by atoms with Crippen LogP contribution in [0.15, 0.2) is 36.7 Å². The molecule has 0 saturated carbocycles. The normalized spacial score (nSPS) is 10.7. The summed E-state index contributed by atoms with van der Waals surface area (Å²) < 4.78 is 1.61. The number of carbonyl (C=O) groups excluding carboxylic acids is 1. The lowest BCUT2D eigenvalue weighted by Crippen LogP contribution is -2.15. The molecule has 0 aliphatic carbocycles. The first-order chi connectivity index (χ1) is 9.33. The van der Waals surface area contributed by atoms with Gasteiger partial charge in [-0.3, -0.25) is 14.6 Å². The zero-order valence-electron chi connectivity index (χ0n) is 10.1. The number of aromatic amines is 1. The fourth-order valence-electron chi connectivity index (χ4n) is 1.82. The van der Waals surface area contributed by atoms with Gasteiger partial charge in [-0.05, 0) is 12.1 Å². The van der Waals surface area contributed by atoms with Gasteiger partial charge in [-0.1, -0.05) is 17.3 Å². The number of H-pyrrole nitrogens is 1. The van der Waals surface area contributed by atoms with Crippen LogP contribution in [0, 0.1) is 0 Å². The van der Waals surface area contributed by atoms with Crippen molar-refractivity contribution in [3.05, 3.63) is 36.7 Å². The van der Waals surface area contributed by atoms with Gasteiger partial charge in [0.1, 0.15) is 0 Å². The molecule has 0 aliphatic heterocycles. The minimum atomic E-state index is -0.104. The number of aromatic nitrogens is 5. The summed E-state index contributed by atoms with van der Waals surface area (Å²) in [6.45, 7) is 0.494. The van der Waals surface area contributed by atoms with Gasteiger partial charge in [0, 0.05) is 18.0 Å². The van der Waals surface area contributed by atoms with Gasteiger partial charge in [-0.15, -0.1) is 5.10 Å². The maximum Gasteiger partial charge on any atom is 0.227 e. The third-order valence-electron chi connectivity index (χ3n) is 2.77. The predicted octanol–water partition coefficient (Wildman–Crippen LogP) is 1.18. The minimum absolute atomic E-state index is 0.104. The Balaban J connectivity index is 1.66. The van der Waals surface area contributed by atoms with E-state index in [1.807, 2.05) is 24.3 Å². The van der Waals surface area contributed by atoms with Crippen molar-refractivity contribution < 1.29 is 4.79 Å². The zero-order chi connectivity index (χ0) is 13.1. The third-order valence-corrected chi connectivity index (χ3v) is 2.77. The molecule has 0 radical (unpaired) electrons. The smallest absolute Gasteiger partial charge is 0.227 e. The van der Waals surface area contributed by atoms with Crippen molar-refractivity contribution in [1.29, 1.82) is 0 Å². The number of anilines is 1. The fourth-order valence-corrected chi connectivity index (χ4v) is 1.82. The van der Waals surface area contributed by atoms with Gasteiger partial charge < -0.3 is 5.32 Å². The van der Waals surface area contributed by atoms with Crippen molar-refractivity contribution in [3.8, 4) is 0 Å². The van der Waals surface area contributed by atoms with Gasteiger partial charge in [0.2, 0.25) is 5.91 Å². The van der Waals surface area contributed by atoms with Crippen molar-refractivity contribution >= 4 is 22.6 Å². The summed E-state index contributed by atoms with van der Waals surface area (Å²) in [6.07, 6.45) is 3.63. The highest BCUT2D eigenvalue weighted by atomic mass is 16.1. The van der Waals surface area contributed by atoms with E-state index in [4.69, 9.17) is 0 Å². The number of rotatable bonds is 4. The van der Waals surface area contributed by atoms with Crippen molar-refractivity contribution in [2.75, 3.05) is 5.32 Å². The van der Waals surface area contributed by atoms with Gasteiger partial charge >= 0.3 is 0 Å². The number of amides is 1. The van der Waals surface area contributed by atoms with Gasteiger partial charge in [-0.25, -0.2) is 0 Å². The minimum Gasteiger partial charge on any atom is -0.309 e. The molecule has 3 aromatic rings. The Bertz CT molecular complexity index is 687. The summed E-state index contributed by atoms with van der Waals surface area (Å²) >= 11 is 0. The summed E-state index contributed by atoms with van der Waals surface area (Å²) in [5.41, 5.74) is 0.897. The first kappa shape index (κ1) is 11.4. The van der Waals surface area contributed by atoms with E-state index in [0.29, 0.717) is 18.8 Å². The summed E-state index contributed by atoms with van der Waals surface area (Å²) in [4.78, 5) is 11.8. The van der Waals surface area contributed by atoms with E-state index in [0.717, 1.165) is 10.9 Å². The number of aryl methyl sites for hydroxylation is 1. The lowest BCUT2D eigenvalue weighted by molar-refractivity contribution is -0.116. The predicted molar refractivity (Wildman–Crippen MR) is 69.4 cm³/mol. The first-order valence-corrected chi connectivity index (χ1v) is 5.90. The van der Waals surface area contributed by atoms with Crippen molar-refractivity contribution in [2.24, 2.45) is 0 Å². The Morgan fingerprint density at radius 3 is 3.11 bits per heavy atom. The third kappa shape index (κ3) is 2.44. The van der Waals surface area contributed by atoms with E-state index < -0.39 is 0 Å². The molecule has 1 amide bonds. The Kier molecular flexibility index (Phi) is 2.93. The van der Waals surface area contributed by atoms with Crippen LogP contribution in [0.1, 0.15) is 6.42 Å². The Hall–Kier alpha value is -2.70. The molecule has 2 N–H and O–H groups in total. The second kappa shape index (κ2) is 4.89. The lowest BCUT2D eigenvalue weighted by Gasteiger charge is -2.02. The highest BCUT2D eigenvalue weighted by Gasteiger charge is 2.08. The standard InChI is InChI=1S/C12H12N6O/c19-11(5-7-18-8-6-13-17-18)14-12-9-3-1-2-4-10(9)15-16-12/h1-4,6,8H,5,7H2,(H2,14,15,16,19). The van der Waals surface area contributed by atoms with E-state index >= 15 is 0 Å². The molecule has 7 heteroatoms. The quantitative estimate of drug-likeness (QED) is 0.733. The molecule has 2 aromatic heterocycles. The van der Waals surface area contributed by atoms with Crippen LogP contribution in [0.3, 0.4) is 0 Å². The molecular weight excluding hydrogens is 244 g/mol. The van der Waals surface area contributed by atoms with Crippen LogP contribution < -0.4 is 5.32 Å². The topological polar surface area (TPSA) is 88.5 Å². The average molecular weight is 256 g/mol.